The van der Waals surface area contributed by atoms with Crippen molar-refractivity contribution in [3.8, 4) is 17.1 Å². The molecule has 1 N–H and O–H groups in total. The van der Waals surface area contributed by atoms with Gasteiger partial charge >= 0.3 is 0 Å². The van der Waals surface area contributed by atoms with Crippen molar-refractivity contribution < 1.29 is 9.53 Å². The molecule has 1 saturated carbocycles. The molecular weight excluding hydrogens is 519 g/mol. The number of amides is 1. The van der Waals surface area contributed by atoms with Gasteiger partial charge in [0.1, 0.15) is 18.2 Å². The van der Waals surface area contributed by atoms with Crippen LogP contribution in [0.4, 0.5) is 0 Å². The van der Waals surface area contributed by atoms with Crippen LogP contribution in [0, 0.1) is 0 Å². The Bertz CT molecular complexity index is 1320. The van der Waals surface area contributed by atoms with Crippen molar-refractivity contribution in [3.05, 3.63) is 83.9 Å². The van der Waals surface area contributed by atoms with Crippen LogP contribution in [0.3, 0.4) is 0 Å². The number of benzene rings is 3. The first kappa shape index (κ1) is 29.5. The molecule has 5 rings (SSSR count). The number of rotatable bonds is 9. The first-order valence-corrected chi connectivity index (χ1v) is 12.8. The van der Waals surface area contributed by atoms with Gasteiger partial charge in [-0.1, -0.05) is 43.2 Å². The van der Waals surface area contributed by atoms with Gasteiger partial charge in [0.25, 0.3) is 5.91 Å². The number of imidazole rings is 1. The number of carbonyl (C=O) groups is 1. The maximum absolute atomic E-state index is 12.7. The summed E-state index contributed by atoms with van der Waals surface area (Å²) >= 11 is 0. The van der Waals surface area contributed by atoms with E-state index in [0.717, 1.165) is 53.1 Å². The minimum absolute atomic E-state index is 0. The Labute approximate surface area is 237 Å². The monoisotopic (exact) mass is 554 g/mol. The normalized spacial score (nSPS) is 13.2. The number of nitrogens with zero attached hydrogens (tertiary/aromatic N) is 3. The van der Waals surface area contributed by atoms with Crippen molar-refractivity contribution in [1.82, 2.24) is 19.8 Å². The van der Waals surface area contributed by atoms with Crippen LogP contribution in [-0.2, 0) is 6.61 Å². The standard InChI is InChI=1S/C30H34N4O2.2ClH/c1-33(2)19-18-31-30(35)24-14-17-28-27(20-24)32-29(34(28)25-10-6-7-11-25)23-12-15-26(16-13-23)36-21-22-8-4-3-5-9-22;;/h3-5,8-9,12-17,20,25H,6-7,10-11,18-19,21H2,1-2H3,(H,31,35);2*1H. The molecule has 202 valence electrons. The van der Waals surface area contributed by atoms with E-state index in [1.54, 1.807) is 0 Å². The van der Waals surface area contributed by atoms with Crippen molar-refractivity contribution in [3.63, 3.8) is 0 Å². The largest absolute Gasteiger partial charge is 0.489 e. The van der Waals surface area contributed by atoms with Gasteiger partial charge in [0.15, 0.2) is 0 Å². The number of hydrogen-bond donors (Lipinski definition) is 1. The third-order valence-corrected chi connectivity index (χ3v) is 6.85. The van der Waals surface area contributed by atoms with Gasteiger partial charge in [0.05, 0.1) is 11.0 Å². The molecule has 1 heterocycles. The molecule has 6 nitrogen and oxygen atoms in total. The summed E-state index contributed by atoms with van der Waals surface area (Å²) < 4.78 is 8.37. The molecule has 1 aromatic heterocycles. The summed E-state index contributed by atoms with van der Waals surface area (Å²) in [4.78, 5) is 19.8. The molecule has 0 unspecified atom stereocenters. The molecule has 1 fully saturated rings. The average Bonchev–Trinajstić information content (AvgIpc) is 3.55. The first-order chi connectivity index (χ1) is 17.6. The smallest absolute Gasteiger partial charge is 0.251 e. The number of likely N-dealkylation sites (N-methyl/N-ethyl adjacent to an activating group) is 1. The maximum Gasteiger partial charge on any atom is 0.251 e. The predicted octanol–water partition coefficient (Wildman–Crippen LogP) is 6.53. The van der Waals surface area contributed by atoms with Crippen LogP contribution in [0.15, 0.2) is 72.8 Å². The summed E-state index contributed by atoms with van der Waals surface area (Å²) in [6, 6.07) is 24.7. The highest BCUT2D eigenvalue weighted by atomic mass is 35.5. The lowest BCUT2D eigenvalue weighted by Gasteiger charge is -2.17. The van der Waals surface area contributed by atoms with Crippen molar-refractivity contribution in [2.75, 3.05) is 27.2 Å². The van der Waals surface area contributed by atoms with E-state index in [4.69, 9.17) is 9.72 Å². The van der Waals surface area contributed by atoms with Crippen molar-refractivity contribution >= 4 is 41.8 Å². The highest BCUT2D eigenvalue weighted by Gasteiger charge is 2.24. The molecule has 0 bridgehead atoms. The van der Waals surface area contributed by atoms with E-state index in [-0.39, 0.29) is 30.7 Å². The van der Waals surface area contributed by atoms with Crippen LogP contribution in [0.5, 0.6) is 5.75 Å². The zero-order chi connectivity index (χ0) is 24.9. The topological polar surface area (TPSA) is 59.4 Å². The Balaban J connectivity index is 0.00000200. The van der Waals surface area contributed by atoms with Gasteiger partial charge in [-0.25, -0.2) is 4.98 Å². The molecule has 1 aliphatic carbocycles. The van der Waals surface area contributed by atoms with Crippen molar-refractivity contribution in [1.29, 1.82) is 0 Å². The number of ether oxygens (including phenoxy) is 1. The van der Waals surface area contributed by atoms with E-state index in [9.17, 15) is 4.79 Å². The van der Waals surface area contributed by atoms with Gasteiger partial charge in [-0.2, -0.15) is 0 Å². The Hall–Kier alpha value is -3.06. The fourth-order valence-electron chi connectivity index (χ4n) is 4.91. The van der Waals surface area contributed by atoms with Gasteiger partial charge in [-0.15, -0.1) is 24.8 Å². The van der Waals surface area contributed by atoms with E-state index < -0.39 is 0 Å². The number of hydrogen-bond acceptors (Lipinski definition) is 4. The average molecular weight is 556 g/mol. The minimum Gasteiger partial charge on any atom is -0.489 e. The Kier molecular flexibility index (Phi) is 10.6. The molecule has 0 atom stereocenters. The number of aromatic nitrogens is 2. The Morgan fingerprint density at radius 2 is 1.71 bits per heavy atom. The zero-order valence-electron chi connectivity index (χ0n) is 21.9. The van der Waals surface area contributed by atoms with Crippen LogP contribution in [0.2, 0.25) is 0 Å². The molecule has 1 amide bonds. The van der Waals surface area contributed by atoms with Crippen LogP contribution in [0.25, 0.3) is 22.4 Å². The highest BCUT2D eigenvalue weighted by Crippen LogP contribution is 2.37. The molecule has 3 aromatic carbocycles. The third kappa shape index (κ3) is 6.87. The van der Waals surface area contributed by atoms with Gasteiger partial charge in [0, 0.05) is 30.3 Å². The fraction of sp³-hybridized carbons (Fsp3) is 0.333. The lowest BCUT2D eigenvalue weighted by Crippen LogP contribution is -2.31. The lowest BCUT2D eigenvalue weighted by molar-refractivity contribution is 0.0951. The minimum atomic E-state index is -0.0596. The van der Waals surface area contributed by atoms with Gasteiger partial charge in [-0.3, -0.25) is 4.79 Å². The Morgan fingerprint density at radius 3 is 2.39 bits per heavy atom. The summed E-state index contributed by atoms with van der Waals surface area (Å²) in [5, 5.41) is 3.00. The van der Waals surface area contributed by atoms with E-state index in [2.05, 4.69) is 45.1 Å². The quantitative estimate of drug-likeness (QED) is 0.255. The van der Waals surface area contributed by atoms with E-state index in [1.807, 2.05) is 56.6 Å². The SMILES string of the molecule is CN(C)CCNC(=O)c1ccc2c(c1)nc(-c1ccc(OCc3ccccc3)cc1)n2C1CCCC1.Cl.Cl. The van der Waals surface area contributed by atoms with Crippen LogP contribution in [0.1, 0.15) is 47.6 Å². The molecule has 0 saturated heterocycles. The van der Waals surface area contributed by atoms with Crippen LogP contribution >= 0.6 is 24.8 Å². The molecule has 0 radical (unpaired) electrons. The predicted molar refractivity (Wildman–Crippen MR) is 159 cm³/mol. The van der Waals surface area contributed by atoms with Crippen molar-refractivity contribution in [2.24, 2.45) is 0 Å². The molecule has 8 heteroatoms. The van der Waals surface area contributed by atoms with Crippen LogP contribution < -0.4 is 10.1 Å². The van der Waals surface area contributed by atoms with Crippen LogP contribution in [-0.4, -0.2) is 47.5 Å². The molecule has 1 aliphatic rings. The molecule has 0 spiro atoms. The lowest BCUT2D eigenvalue weighted by atomic mass is 10.1. The highest BCUT2D eigenvalue weighted by molar-refractivity contribution is 5.98. The van der Waals surface area contributed by atoms with E-state index in [1.165, 1.54) is 12.8 Å². The van der Waals surface area contributed by atoms with E-state index in [0.29, 0.717) is 24.8 Å². The summed E-state index contributed by atoms with van der Waals surface area (Å²) in [5.41, 5.74) is 4.80. The summed E-state index contributed by atoms with van der Waals surface area (Å²) in [6.45, 7) is 1.96. The second-order valence-electron chi connectivity index (χ2n) is 9.81. The van der Waals surface area contributed by atoms with Gasteiger partial charge in [-0.05, 0) is 75.0 Å². The number of carbonyl (C=O) groups excluding carboxylic acids is 1. The number of fused-ring (bicyclic) bond motifs is 1. The van der Waals surface area contributed by atoms with Crippen molar-refractivity contribution in [2.45, 2.75) is 38.3 Å². The third-order valence-electron chi connectivity index (χ3n) is 6.85. The molecule has 0 aliphatic heterocycles. The Morgan fingerprint density at radius 1 is 1.00 bits per heavy atom. The zero-order valence-corrected chi connectivity index (χ0v) is 23.6. The fourth-order valence-corrected chi connectivity index (χ4v) is 4.91. The summed E-state index contributed by atoms with van der Waals surface area (Å²) in [6.07, 6.45) is 4.79. The second-order valence-corrected chi connectivity index (χ2v) is 9.81. The van der Waals surface area contributed by atoms with E-state index >= 15 is 0 Å². The molecular formula is C30H36Cl2N4O2. The van der Waals surface area contributed by atoms with Gasteiger partial charge < -0.3 is 19.5 Å². The molecule has 38 heavy (non-hydrogen) atoms. The summed E-state index contributed by atoms with van der Waals surface area (Å²) in [5.74, 6) is 1.73. The first-order valence-electron chi connectivity index (χ1n) is 12.8. The van der Waals surface area contributed by atoms with Gasteiger partial charge in [0.2, 0.25) is 0 Å². The molecule has 4 aromatic rings. The summed E-state index contributed by atoms with van der Waals surface area (Å²) in [7, 11) is 3.99. The maximum atomic E-state index is 12.7. The number of nitrogens with one attached hydrogen (secondary N) is 1. The second kappa shape index (κ2) is 13.7. The number of halogens is 2.